The van der Waals surface area contributed by atoms with Crippen LogP contribution in [0.2, 0.25) is 0 Å². The van der Waals surface area contributed by atoms with E-state index in [0.29, 0.717) is 6.42 Å². The van der Waals surface area contributed by atoms with Crippen LogP contribution in [-0.2, 0) is 6.42 Å². The summed E-state index contributed by atoms with van der Waals surface area (Å²) in [6.45, 7) is 5.95. The number of carbonyl (C=O) groups is 1. The van der Waals surface area contributed by atoms with Crippen molar-refractivity contribution in [2.75, 3.05) is 0 Å². The fraction of sp³-hybridized carbons (Fsp3) is 0.500. The summed E-state index contributed by atoms with van der Waals surface area (Å²) in [5, 5.41) is 11.4. The molecule has 2 unspecified atom stereocenters. The van der Waals surface area contributed by atoms with E-state index in [9.17, 15) is 4.79 Å². The number of carboxylic acid groups (broad SMARTS) is 1. The molecule has 0 aromatic heterocycles. The molecule has 0 aliphatic rings. The van der Waals surface area contributed by atoms with Gasteiger partial charge in [0.15, 0.2) is 0 Å². The lowest BCUT2D eigenvalue weighted by Gasteiger charge is -2.35. The van der Waals surface area contributed by atoms with Crippen LogP contribution >= 0.6 is 0 Å². The molecule has 0 bridgehead atoms. The molecule has 2 atom stereocenters. The van der Waals surface area contributed by atoms with E-state index < -0.39 is 6.09 Å². The molecule has 1 aromatic carbocycles. The van der Waals surface area contributed by atoms with Crippen molar-refractivity contribution in [2.45, 2.75) is 39.3 Å². The van der Waals surface area contributed by atoms with E-state index in [1.54, 1.807) is 0 Å². The summed E-state index contributed by atoms with van der Waals surface area (Å²) in [6.07, 6.45) is -0.373. The molecule has 0 aliphatic heterocycles. The average molecular weight is 250 g/mol. The predicted octanol–water partition coefficient (Wildman–Crippen LogP) is 2.24. The van der Waals surface area contributed by atoms with Gasteiger partial charge in [0.1, 0.15) is 0 Å². The molecule has 1 rings (SSSR count). The van der Waals surface area contributed by atoms with Gasteiger partial charge in [0.05, 0.1) is 6.04 Å². The molecule has 0 aliphatic carbocycles. The monoisotopic (exact) mass is 250 g/mol. The molecule has 4 nitrogen and oxygen atoms in total. The van der Waals surface area contributed by atoms with Gasteiger partial charge in [-0.1, -0.05) is 51.1 Å². The molecule has 0 heterocycles. The molecular formula is C14H22N2O2. The molecular weight excluding hydrogens is 228 g/mol. The molecule has 1 amide bonds. The van der Waals surface area contributed by atoms with Gasteiger partial charge in [-0.3, -0.25) is 0 Å². The molecule has 18 heavy (non-hydrogen) atoms. The SMILES string of the molecule is CC(C)(C)C(NC(=O)O)C(N)Cc1ccccc1. The first-order chi connectivity index (χ1) is 8.30. The number of benzene rings is 1. The van der Waals surface area contributed by atoms with E-state index in [2.05, 4.69) is 5.32 Å². The number of nitrogens with one attached hydrogen (secondary N) is 1. The van der Waals surface area contributed by atoms with E-state index in [0.717, 1.165) is 5.56 Å². The minimum Gasteiger partial charge on any atom is -0.465 e. The molecule has 4 N–H and O–H groups in total. The van der Waals surface area contributed by atoms with Gasteiger partial charge in [-0.05, 0) is 17.4 Å². The highest BCUT2D eigenvalue weighted by Crippen LogP contribution is 2.22. The number of hydrogen-bond acceptors (Lipinski definition) is 2. The first-order valence-electron chi connectivity index (χ1n) is 6.09. The summed E-state index contributed by atoms with van der Waals surface area (Å²) in [5.41, 5.74) is 7.06. The van der Waals surface area contributed by atoms with Crippen molar-refractivity contribution in [1.29, 1.82) is 0 Å². The molecule has 4 heteroatoms. The van der Waals surface area contributed by atoms with Gasteiger partial charge in [-0.25, -0.2) is 4.79 Å². The summed E-state index contributed by atoms with van der Waals surface area (Å²) < 4.78 is 0. The van der Waals surface area contributed by atoms with E-state index in [1.807, 2.05) is 51.1 Å². The second kappa shape index (κ2) is 5.87. The Morgan fingerprint density at radius 1 is 1.33 bits per heavy atom. The Kier molecular flexibility index (Phi) is 4.73. The standard InChI is InChI=1S/C14H22N2O2/c1-14(2,3)12(16-13(17)18)11(15)9-10-7-5-4-6-8-10/h4-8,11-12,16H,9,15H2,1-3H3,(H,17,18). The van der Waals surface area contributed by atoms with Crippen LogP contribution in [0.4, 0.5) is 4.79 Å². The van der Waals surface area contributed by atoms with Crippen molar-refractivity contribution in [1.82, 2.24) is 5.32 Å². The highest BCUT2D eigenvalue weighted by Gasteiger charge is 2.31. The largest absolute Gasteiger partial charge is 0.465 e. The van der Waals surface area contributed by atoms with Crippen molar-refractivity contribution in [3.05, 3.63) is 35.9 Å². The van der Waals surface area contributed by atoms with Gasteiger partial charge in [0.2, 0.25) is 0 Å². The first kappa shape index (κ1) is 14.5. The topological polar surface area (TPSA) is 75.3 Å². The van der Waals surface area contributed by atoms with Gasteiger partial charge in [0.25, 0.3) is 0 Å². The minimum absolute atomic E-state index is 0.216. The van der Waals surface area contributed by atoms with Gasteiger partial charge in [0, 0.05) is 6.04 Å². The van der Waals surface area contributed by atoms with E-state index >= 15 is 0 Å². The van der Waals surface area contributed by atoms with Crippen LogP contribution in [-0.4, -0.2) is 23.3 Å². The van der Waals surface area contributed by atoms with Crippen molar-refractivity contribution in [3.63, 3.8) is 0 Å². The van der Waals surface area contributed by atoms with Crippen molar-refractivity contribution >= 4 is 6.09 Å². The Bertz CT molecular complexity index is 385. The second-order valence-corrected chi connectivity index (χ2v) is 5.65. The number of hydrogen-bond donors (Lipinski definition) is 3. The van der Waals surface area contributed by atoms with Crippen molar-refractivity contribution in [3.8, 4) is 0 Å². The normalized spacial score (nSPS) is 14.9. The number of rotatable bonds is 4. The predicted molar refractivity (Wildman–Crippen MR) is 72.5 cm³/mol. The zero-order valence-corrected chi connectivity index (χ0v) is 11.2. The third kappa shape index (κ3) is 4.37. The van der Waals surface area contributed by atoms with Crippen LogP contribution < -0.4 is 11.1 Å². The Balaban J connectivity index is 2.77. The third-order valence-corrected chi connectivity index (χ3v) is 2.95. The highest BCUT2D eigenvalue weighted by molar-refractivity contribution is 5.65. The summed E-state index contributed by atoms with van der Waals surface area (Å²) in [6, 6.07) is 9.34. The third-order valence-electron chi connectivity index (χ3n) is 2.95. The number of amides is 1. The van der Waals surface area contributed by atoms with Crippen LogP contribution in [0.3, 0.4) is 0 Å². The summed E-state index contributed by atoms with van der Waals surface area (Å²) >= 11 is 0. The van der Waals surface area contributed by atoms with E-state index in [4.69, 9.17) is 10.8 Å². The second-order valence-electron chi connectivity index (χ2n) is 5.65. The van der Waals surface area contributed by atoms with E-state index in [-0.39, 0.29) is 17.5 Å². The molecule has 100 valence electrons. The lowest BCUT2D eigenvalue weighted by molar-refractivity contribution is 0.166. The first-order valence-corrected chi connectivity index (χ1v) is 6.09. The maximum Gasteiger partial charge on any atom is 0.404 e. The summed E-state index contributed by atoms with van der Waals surface area (Å²) in [4.78, 5) is 10.8. The fourth-order valence-electron chi connectivity index (χ4n) is 2.10. The van der Waals surface area contributed by atoms with Crippen LogP contribution in [0.15, 0.2) is 30.3 Å². The Morgan fingerprint density at radius 3 is 2.33 bits per heavy atom. The summed E-state index contributed by atoms with van der Waals surface area (Å²) in [7, 11) is 0. The van der Waals surface area contributed by atoms with Gasteiger partial charge in [-0.15, -0.1) is 0 Å². The highest BCUT2D eigenvalue weighted by atomic mass is 16.4. The van der Waals surface area contributed by atoms with Gasteiger partial charge >= 0.3 is 6.09 Å². The molecule has 0 saturated heterocycles. The summed E-state index contributed by atoms with van der Waals surface area (Å²) in [5.74, 6) is 0. The zero-order chi connectivity index (χ0) is 13.8. The maximum atomic E-state index is 10.8. The molecule has 0 saturated carbocycles. The van der Waals surface area contributed by atoms with Crippen LogP contribution in [0, 0.1) is 5.41 Å². The molecule has 1 aromatic rings. The maximum absolute atomic E-state index is 10.8. The number of nitrogens with two attached hydrogens (primary N) is 1. The van der Waals surface area contributed by atoms with Crippen LogP contribution in [0.25, 0.3) is 0 Å². The lowest BCUT2D eigenvalue weighted by Crippen LogP contribution is -2.55. The molecule has 0 radical (unpaired) electrons. The fourth-order valence-corrected chi connectivity index (χ4v) is 2.10. The Morgan fingerprint density at radius 2 is 1.89 bits per heavy atom. The minimum atomic E-state index is -1.03. The quantitative estimate of drug-likeness (QED) is 0.767. The molecule has 0 spiro atoms. The zero-order valence-electron chi connectivity index (χ0n) is 11.2. The molecule has 0 fully saturated rings. The Hall–Kier alpha value is -1.55. The van der Waals surface area contributed by atoms with Crippen LogP contribution in [0.5, 0.6) is 0 Å². The van der Waals surface area contributed by atoms with Crippen LogP contribution in [0.1, 0.15) is 26.3 Å². The van der Waals surface area contributed by atoms with Crippen molar-refractivity contribution < 1.29 is 9.90 Å². The van der Waals surface area contributed by atoms with Gasteiger partial charge in [-0.2, -0.15) is 0 Å². The van der Waals surface area contributed by atoms with Crippen molar-refractivity contribution in [2.24, 2.45) is 11.1 Å². The smallest absolute Gasteiger partial charge is 0.404 e. The van der Waals surface area contributed by atoms with Gasteiger partial charge < -0.3 is 16.2 Å². The van der Waals surface area contributed by atoms with E-state index in [1.165, 1.54) is 0 Å². The average Bonchev–Trinajstić information content (AvgIpc) is 2.25. The Labute approximate surface area is 108 Å². The lowest BCUT2D eigenvalue weighted by atomic mass is 9.80.